The number of nitrogen functional groups attached to an aromatic ring is 1. The van der Waals surface area contributed by atoms with Crippen LogP contribution < -0.4 is 5.73 Å². The smallest absolute Gasteiger partial charge is 0.243 e. The molecule has 0 aliphatic carbocycles. The Kier molecular flexibility index (Phi) is 3.65. The maximum Gasteiger partial charge on any atom is 0.243 e. The second kappa shape index (κ2) is 4.88. The van der Waals surface area contributed by atoms with Crippen molar-refractivity contribution in [1.29, 1.82) is 0 Å². The molecular formula is C11H16N2O2S2. The molecule has 0 radical (unpaired) electrons. The largest absolute Gasteiger partial charge is 0.399 e. The maximum absolute atomic E-state index is 12.4. The molecule has 0 bridgehead atoms. The molecule has 2 rings (SSSR count). The van der Waals surface area contributed by atoms with Gasteiger partial charge in [0.1, 0.15) is 0 Å². The van der Waals surface area contributed by atoms with Crippen molar-refractivity contribution >= 4 is 27.5 Å². The van der Waals surface area contributed by atoms with E-state index in [0.29, 0.717) is 17.1 Å². The lowest BCUT2D eigenvalue weighted by Crippen LogP contribution is -2.44. The number of hydrogen-bond acceptors (Lipinski definition) is 4. The molecule has 0 aromatic heterocycles. The third-order valence-electron chi connectivity index (χ3n) is 2.79. The predicted molar refractivity (Wildman–Crippen MR) is 71.5 cm³/mol. The average molecular weight is 272 g/mol. The van der Waals surface area contributed by atoms with Gasteiger partial charge >= 0.3 is 0 Å². The molecule has 94 valence electrons. The van der Waals surface area contributed by atoms with Gasteiger partial charge < -0.3 is 5.73 Å². The van der Waals surface area contributed by atoms with Crippen molar-refractivity contribution in [2.75, 3.05) is 23.8 Å². The molecule has 6 heteroatoms. The minimum atomic E-state index is -3.36. The van der Waals surface area contributed by atoms with Gasteiger partial charge in [0.15, 0.2) is 0 Å². The molecule has 2 N–H and O–H groups in total. The first-order valence-electron chi connectivity index (χ1n) is 5.47. The zero-order chi connectivity index (χ0) is 12.5. The van der Waals surface area contributed by atoms with Crippen LogP contribution in [-0.4, -0.2) is 36.8 Å². The third kappa shape index (κ3) is 2.59. The van der Waals surface area contributed by atoms with Crippen molar-refractivity contribution < 1.29 is 8.42 Å². The summed E-state index contributed by atoms with van der Waals surface area (Å²) >= 11 is 1.79. The molecule has 1 fully saturated rings. The standard InChI is InChI=1S/C11H16N2O2S2/c1-9-8-16-7-6-13(9)17(14,15)11-4-2-10(12)3-5-11/h2-5,9H,6-8,12H2,1H3. The van der Waals surface area contributed by atoms with Gasteiger partial charge in [-0.25, -0.2) is 8.42 Å². The van der Waals surface area contributed by atoms with Gasteiger partial charge in [-0.1, -0.05) is 0 Å². The molecular weight excluding hydrogens is 256 g/mol. The fraction of sp³-hybridized carbons (Fsp3) is 0.455. The van der Waals surface area contributed by atoms with Crippen LogP contribution in [0.15, 0.2) is 29.2 Å². The Bertz CT molecular complexity index is 485. The number of nitrogens with two attached hydrogens (primary N) is 1. The molecule has 1 aliphatic heterocycles. The van der Waals surface area contributed by atoms with Gasteiger partial charge in [0.2, 0.25) is 10.0 Å². The van der Waals surface area contributed by atoms with Crippen molar-refractivity contribution in [2.24, 2.45) is 0 Å². The average Bonchev–Trinajstić information content (AvgIpc) is 2.30. The predicted octanol–water partition coefficient (Wildman–Crippen LogP) is 1.39. The van der Waals surface area contributed by atoms with Crippen LogP contribution in [0, 0.1) is 0 Å². The van der Waals surface area contributed by atoms with E-state index in [1.165, 1.54) is 0 Å². The van der Waals surface area contributed by atoms with Crippen LogP contribution in [0.5, 0.6) is 0 Å². The summed E-state index contributed by atoms with van der Waals surface area (Å²) < 4.78 is 26.3. The summed E-state index contributed by atoms with van der Waals surface area (Å²) in [6, 6.07) is 6.43. The zero-order valence-electron chi connectivity index (χ0n) is 9.67. The van der Waals surface area contributed by atoms with E-state index in [9.17, 15) is 8.42 Å². The number of benzene rings is 1. The fourth-order valence-electron chi connectivity index (χ4n) is 1.84. The van der Waals surface area contributed by atoms with E-state index in [1.54, 1.807) is 40.3 Å². The first-order valence-corrected chi connectivity index (χ1v) is 8.06. The summed E-state index contributed by atoms with van der Waals surface area (Å²) in [5.74, 6) is 1.72. The van der Waals surface area contributed by atoms with E-state index in [4.69, 9.17) is 5.73 Å². The summed E-state index contributed by atoms with van der Waals surface area (Å²) in [5, 5.41) is 0. The van der Waals surface area contributed by atoms with E-state index in [2.05, 4.69) is 0 Å². The Balaban J connectivity index is 2.32. The van der Waals surface area contributed by atoms with E-state index in [-0.39, 0.29) is 6.04 Å². The number of sulfonamides is 1. The third-order valence-corrected chi connectivity index (χ3v) is 6.01. The second-order valence-corrected chi connectivity index (χ2v) is 7.15. The van der Waals surface area contributed by atoms with Gasteiger partial charge in [0.25, 0.3) is 0 Å². The lowest BCUT2D eigenvalue weighted by Gasteiger charge is -2.31. The minimum Gasteiger partial charge on any atom is -0.399 e. The number of anilines is 1. The Morgan fingerprint density at radius 3 is 2.59 bits per heavy atom. The summed E-state index contributed by atoms with van der Waals surface area (Å²) in [4.78, 5) is 0.324. The summed E-state index contributed by atoms with van der Waals surface area (Å²) in [6.45, 7) is 2.53. The molecule has 1 heterocycles. The lowest BCUT2D eigenvalue weighted by atomic mass is 10.3. The van der Waals surface area contributed by atoms with Gasteiger partial charge in [-0.15, -0.1) is 0 Å². The Hall–Kier alpha value is -0.720. The van der Waals surface area contributed by atoms with E-state index < -0.39 is 10.0 Å². The fourth-order valence-corrected chi connectivity index (χ4v) is 4.70. The van der Waals surface area contributed by atoms with E-state index in [1.807, 2.05) is 6.92 Å². The number of hydrogen-bond donors (Lipinski definition) is 1. The molecule has 1 unspecified atom stereocenters. The highest BCUT2D eigenvalue weighted by Crippen LogP contribution is 2.24. The van der Waals surface area contributed by atoms with Crippen LogP contribution in [-0.2, 0) is 10.0 Å². The van der Waals surface area contributed by atoms with Crippen LogP contribution >= 0.6 is 11.8 Å². The summed E-state index contributed by atoms with van der Waals surface area (Å²) in [7, 11) is -3.36. The molecule has 1 aromatic rings. The highest BCUT2D eigenvalue weighted by atomic mass is 32.2. The second-order valence-electron chi connectivity index (χ2n) is 4.11. The number of nitrogens with zero attached hydrogens (tertiary/aromatic N) is 1. The maximum atomic E-state index is 12.4. The highest BCUT2D eigenvalue weighted by Gasteiger charge is 2.30. The Labute approximate surface area is 106 Å². The van der Waals surface area contributed by atoms with Crippen LogP contribution in [0.2, 0.25) is 0 Å². The topological polar surface area (TPSA) is 63.4 Å². The van der Waals surface area contributed by atoms with Gasteiger partial charge in [0.05, 0.1) is 4.90 Å². The zero-order valence-corrected chi connectivity index (χ0v) is 11.3. The van der Waals surface area contributed by atoms with Gasteiger partial charge in [0, 0.05) is 29.8 Å². The lowest BCUT2D eigenvalue weighted by molar-refractivity contribution is 0.367. The molecule has 1 aliphatic rings. The molecule has 1 aromatic carbocycles. The minimum absolute atomic E-state index is 0.0521. The van der Waals surface area contributed by atoms with Gasteiger partial charge in [-0.3, -0.25) is 0 Å². The molecule has 0 saturated carbocycles. The summed E-state index contributed by atoms with van der Waals surface area (Å²) in [5.41, 5.74) is 6.14. The first-order chi connectivity index (χ1) is 8.01. The van der Waals surface area contributed by atoms with E-state index in [0.717, 1.165) is 11.5 Å². The summed E-state index contributed by atoms with van der Waals surface area (Å²) in [6.07, 6.45) is 0. The Morgan fingerprint density at radius 1 is 1.35 bits per heavy atom. The first kappa shape index (κ1) is 12.7. The molecule has 0 spiro atoms. The quantitative estimate of drug-likeness (QED) is 0.827. The van der Waals surface area contributed by atoms with Crippen molar-refractivity contribution in [3.8, 4) is 0 Å². The van der Waals surface area contributed by atoms with Crippen LogP contribution in [0.3, 0.4) is 0 Å². The molecule has 1 atom stereocenters. The van der Waals surface area contributed by atoms with Crippen molar-refractivity contribution in [3.63, 3.8) is 0 Å². The molecule has 1 saturated heterocycles. The number of rotatable bonds is 2. The van der Waals surface area contributed by atoms with Gasteiger partial charge in [-0.2, -0.15) is 16.1 Å². The van der Waals surface area contributed by atoms with Crippen LogP contribution in [0.25, 0.3) is 0 Å². The van der Waals surface area contributed by atoms with Crippen LogP contribution in [0.4, 0.5) is 5.69 Å². The monoisotopic (exact) mass is 272 g/mol. The Morgan fingerprint density at radius 2 is 2.00 bits per heavy atom. The highest BCUT2D eigenvalue weighted by molar-refractivity contribution is 7.99. The van der Waals surface area contributed by atoms with Crippen molar-refractivity contribution in [1.82, 2.24) is 4.31 Å². The van der Waals surface area contributed by atoms with E-state index >= 15 is 0 Å². The van der Waals surface area contributed by atoms with Crippen molar-refractivity contribution in [2.45, 2.75) is 17.9 Å². The molecule has 17 heavy (non-hydrogen) atoms. The molecule has 0 amide bonds. The SMILES string of the molecule is CC1CSCCN1S(=O)(=O)c1ccc(N)cc1. The van der Waals surface area contributed by atoms with Crippen molar-refractivity contribution in [3.05, 3.63) is 24.3 Å². The van der Waals surface area contributed by atoms with Gasteiger partial charge in [-0.05, 0) is 31.2 Å². The number of thioether (sulfide) groups is 1. The normalized spacial score (nSPS) is 22.5. The van der Waals surface area contributed by atoms with Crippen LogP contribution in [0.1, 0.15) is 6.92 Å². The molecule has 4 nitrogen and oxygen atoms in total.